The van der Waals surface area contributed by atoms with Gasteiger partial charge in [0.1, 0.15) is 5.75 Å². The molecule has 3 rings (SSSR count). The molecule has 0 radical (unpaired) electrons. The highest BCUT2D eigenvalue weighted by atomic mass is 32.2. The Morgan fingerprint density at radius 3 is 2.70 bits per heavy atom. The summed E-state index contributed by atoms with van der Waals surface area (Å²) in [5.41, 5.74) is 1.90. The molecule has 0 aliphatic carbocycles. The SMILES string of the molecule is COc1ccc(C)cc1C1(CNS(=O)(=O)N2CCCC[C@@H]2C)CCOCC1. The van der Waals surface area contributed by atoms with Gasteiger partial charge in [0, 0.05) is 43.3 Å². The summed E-state index contributed by atoms with van der Waals surface area (Å²) in [6.07, 6.45) is 4.48. The summed E-state index contributed by atoms with van der Waals surface area (Å²) in [4.78, 5) is 0. The maximum absolute atomic E-state index is 13.0. The Kier molecular flexibility index (Phi) is 6.46. The van der Waals surface area contributed by atoms with Crippen molar-refractivity contribution in [3.8, 4) is 5.75 Å². The molecule has 27 heavy (non-hydrogen) atoms. The third-order valence-corrected chi connectivity index (χ3v) is 7.69. The average Bonchev–Trinajstić information content (AvgIpc) is 2.67. The Morgan fingerprint density at radius 2 is 2.04 bits per heavy atom. The van der Waals surface area contributed by atoms with E-state index in [2.05, 4.69) is 17.7 Å². The molecule has 1 aromatic rings. The number of hydrogen-bond donors (Lipinski definition) is 1. The van der Waals surface area contributed by atoms with Gasteiger partial charge in [-0.15, -0.1) is 0 Å². The predicted molar refractivity (Wildman–Crippen MR) is 106 cm³/mol. The minimum Gasteiger partial charge on any atom is -0.496 e. The molecule has 2 aliphatic rings. The van der Waals surface area contributed by atoms with Crippen LogP contribution in [0, 0.1) is 6.92 Å². The Morgan fingerprint density at radius 1 is 1.30 bits per heavy atom. The van der Waals surface area contributed by atoms with Crippen LogP contribution in [0.15, 0.2) is 18.2 Å². The zero-order valence-electron chi connectivity index (χ0n) is 16.7. The normalized spacial score (nSPS) is 23.9. The van der Waals surface area contributed by atoms with Crippen molar-refractivity contribution in [1.29, 1.82) is 0 Å². The summed E-state index contributed by atoms with van der Waals surface area (Å²) >= 11 is 0. The largest absolute Gasteiger partial charge is 0.496 e. The second kappa shape index (κ2) is 8.47. The van der Waals surface area contributed by atoms with E-state index >= 15 is 0 Å². The molecule has 0 unspecified atom stereocenters. The Bertz CT molecular complexity index is 744. The zero-order valence-corrected chi connectivity index (χ0v) is 17.5. The van der Waals surface area contributed by atoms with E-state index in [4.69, 9.17) is 9.47 Å². The van der Waals surface area contributed by atoms with E-state index in [-0.39, 0.29) is 11.5 Å². The molecule has 0 saturated carbocycles. The summed E-state index contributed by atoms with van der Waals surface area (Å²) in [6, 6.07) is 6.18. The van der Waals surface area contributed by atoms with Crippen LogP contribution in [0.1, 0.15) is 50.2 Å². The van der Waals surface area contributed by atoms with Gasteiger partial charge in [-0.25, -0.2) is 4.72 Å². The van der Waals surface area contributed by atoms with Crippen LogP contribution in [-0.2, 0) is 20.4 Å². The molecule has 1 aromatic carbocycles. The summed E-state index contributed by atoms with van der Waals surface area (Å²) in [6.45, 7) is 6.25. The van der Waals surface area contributed by atoms with Crippen LogP contribution in [0.4, 0.5) is 0 Å². The summed E-state index contributed by atoms with van der Waals surface area (Å²) in [7, 11) is -1.84. The first kappa shape index (κ1) is 20.6. The smallest absolute Gasteiger partial charge is 0.279 e. The Balaban J connectivity index is 1.87. The van der Waals surface area contributed by atoms with E-state index in [0.717, 1.165) is 49.0 Å². The van der Waals surface area contributed by atoms with Gasteiger partial charge in [-0.1, -0.05) is 24.1 Å². The van der Waals surface area contributed by atoms with E-state index in [1.807, 2.05) is 19.1 Å². The molecular weight excluding hydrogens is 364 g/mol. The number of nitrogens with one attached hydrogen (secondary N) is 1. The number of ether oxygens (including phenoxy) is 2. The topological polar surface area (TPSA) is 67.9 Å². The maximum atomic E-state index is 13.0. The van der Waals surface area contributed by atoms with Gasteiger partial charge in [-0.05, 0) is 45.6 Å². The number of piperidine rings is 1. The molecule has 7 heteroatoms. The minimum absolute atomic E-state index is 0.0513. The fourth-order valence-electron chi connectivity index (χ4n) is 4.28. The second-order valence-electron chi connectivity index (χ2n) is 7.88. The van der Waals surface area contributed by atoms with Crippen molar-refractivity contribution in [2.24, 2.45) is 0 Å². The number of hydrogen-bond acceptors (Lipinski definition) is 4. The number of aryl methyl sites for hydroxylation is 1. The highest BCUT2D eigenvalue weighted by Crippen LogP contribution is 2.40. The molecule has 2 heterocycles. The fourth-order valence-corrected chi connectivity index (χ4v) is 5.85. The monoisotopic (exact) mass is 396 g/mol. The van der Waals surface area contributed by atoms with Crippen LogP contribution in [0.25, 0.3) is 0 Å². The third-order valence-electron chi connectivity index (χ3n) is 6.02. The molecular formula is C20H32N2O4S. The van der Waals surface area contributed by atoms with E-state index in [1.165, 1.54) is 0 Å². The summed E-state index contributed by atoms with van der Waals surface area (Å²) in [5.74, 6) is 0.813. The highest BCUT2D eigenvalue weighted by Gasteiger charge is 2.39. The van der Waals surface area contributed by atoms with Gasteiger partial charge in [0.15, 0.2) is 0 Å². The van der Waals surface area contributed by atoms with Gasteiger partial charge in [0.25, 0.3) is 10.2 Å². The molecule has 2 saturated heterocycles. The number of nitrogens with zero attached hydrogens (tertiary/aromatic N) is 1. The Labute approximate surface area is 163 Å². The van der Waals surface area contributed by atoms with E-state index in [1.54, 1.807) is 11.4 Å². The fraction of sp³-hybridized carbons (Fsp3) is 0.700. The van der Waals surface area contributed by atoms with Crippen LogP contribution in [0.3, 0.4) is 0 Å². The van der Waals surface area contributed by atoms with Crippen molar-refractivity contribution in [2.45, 2.75) is 57.4 Å². The summed E-state index contributed by atoms with van der Waals surface area (Å²) in [5, 5.41) is 0. The van der Waals surface area contributed by atoms with Crippen molar-refractivity contribution >= 4 is 10.2 Å². The molecule has 152 valence electrons. The van der Waals surface area contributed by atoms with Crippen LogP contribution in [0.5, 0.6) is 5.75 Å². The van der Waals surface area contributed by atoms with Gasteiger partial charge in [0.05, 0.1) is 7.11 Å². The van der Waals surface area contributed by atoms with E-state index < -0.39 is 10.2 Å². The number of methoxy groups -OCH3 is 1. The molecule has 2 aliphatic heterocycles. The molecule has 1 atom stereocenters. The van der Waals surface area contributed by atoms with E-state index in [9.17, 15) is 8.42 Å². The zero-order chi connectivity index (χ0) is 19.5. The summed E-state index contributed by atoms with van der Waals surface area (Å²) < 4.78 is 41.7. The quantitative estimate of drug-likeness (QED) is 0.803. The molecule has 1 N–H and O–H groups in total. The van der Waals surface area contributed by atoms with Crippen molar-refractivity contribution in [3.05, 3.63) is 29.3 Å². The lowest BCUT2D eigenvalue weighted by molar-refractivity contribution is 0.0506. The van der Waals surface area contributed by atoms with Crippen molar-refractivity contribution in [1.82, 2.24) is 9.03 Å². The van der Waals surface area contributed by atoms with E-state index in [0.29, 0.717) is 26.3 Å². The first-order valence-electron chi connectivity index (χ1n) is 9.87. The second-order valence-corrected chi connectivity index (χ2v) is 9.59. The van der Waals surface area contributed by atoms with Gasteiger partial charge < -0.3 is 9.47 Å². The highest BCUT2D eigenvalue weighted by molar-refractivity contribution is 7.87. The van der Waals surface area contributed by atoms with Gasteiger partial charge in [-0.3, -0.25) is 0 Å². The van der Waals surface area contributed by atoms with Gasteiger partial charge >= 0.3 is 0 Å². The molecule has 0 aromatic heterocycles. The lowest BCUT2D eigenvalue weighted by Crippen LogP contribution is -2.52. The third kappa shape index (κ3) is 4.47. The maximum Gasteiger partial charge on any atom is 0.279 e. The minimum atomic E-state index is -3.51. The molecule has 6 nitrogen and oxygen atoms in total. The van der Waals surface area contributed by atoms with Crippen LogP contribution >= 0.6 is 0 Å². The van der Waals surface area contributed by atoms with Crippen molar-refractivity contribution in [3.63, 3.8) is 0 Å². The lowest BCUT2D eigenvalue weighted by Gasteiger charge is -2.40. The van der Waals surface area contributed by atoms with Crippen molar-refractivity contribution < 1.29 is 17.9 Å². The van der Waals surface area contributed by atoms with Crippen LogP contribution in [0.2, 0.25) is 0 Å². The van der Waals surface area contributed by atoms with Crippen molar-refractivity contribution in [2.75, 3.05) is 33.4 Å². The van der Waals surface area contributed by atoms with Crippen LogP contribution < -0.4 is 9.46 Å². The first-order chi connectivity index (χ1) is 12.9. The standard InChI is InChI=1S/C20H32N2O4S/c1-16-7-8-19(25-3)18(14-16)20(9-12-26-13-10-20)15-21-27(23,24)22-11-5-4-6-17(22)2/h7-8,14,17,21H,4-6,9-13,15H2,1-3H3/t17-/m0/s1. The predicted octanol–water partition coefficient (Wildman–Crippen LogP) is 2.76. The number of benzene rings is 1. The average molecular weight is 397 g/mol. The molecule has 2 fully saturated rings. The molecule has 0 spiro atoms. The number of rotatable bonds is 6. The molecule has 0 bridgehead atoms. The van der Waals surface area contributed by atoms with Gasteiger partial charge in [-0.2, -0.15) is 12.7 Å². The lowest BCUT2D eigenvalue weighted by atomic mass is 9.73. The first-order valence-corrected chi connectivity index (χ1v) is 11.3. The Hall–Kier alpha value is -1.15. The van der Waals surface area contributed by atoms with Gasteiger partial charge in [0.2, 0.25) is 0 Å². The molecule has 0 amide bonds. The van der Waals surface area contributed by atoms with Crippen LogP contribution in [-0.4, -0.2) is 52.2 Å².